The van der Waals surface area contributed by atoms with Crippen molar-refractivity contribution in [2.24, 2.45) is 23.2 Å². The Labute approximate surface area is 328 Å². The summed E-state index contributed by atoms with van der Waals surface area (Å²) in [6, 6.07) is 4.70. The van der Waals surface area contributed by atoms with Gasteiger partial charge in [0, 0.05) is 18.4 Å². The molecule has 1 aromatic carbocycles. The van der Waals surface area contributed by atoms with Gasteiger partial charge < -0.3 is 15.5 Å². The van der Waals surface area contributed by atoms with Crippen molar-refractivity contribution in [1.29, 1.82) is 0 Å². The summed E-state index contributed by atoms with van der Waals surface area (Å²) in [7, 11) is 0. The van der Waals surface area contributed by atoms with Crippen molar-refractivity contribution in [2.75, 3.05) is 6.54 Å². The van der Waals surface area contributed by atoms with Crippen molar-refractivity contribution in [3.05, 3.63) is 29.3 Å². The molecule has 0 saturated heterocycles. The first kappa shape index (κ1) is 49.3. The maximum atomic E-state index is 15.9. The summed E-state index contributed by atoms with van der Waals surface area (Å²) in [5, 5.41) is 24.1. The Morgan fingerprint density at radius 2 is 1.29 bits per heavy atom. The molecule has 0 aliphatic heterocycles. The van der Waals surface area contributed by atoms with Gasteiger partial charge in [-0.05, 0) is 111 Å². The molecule has 0 spiro atoms. The summed E-state index contributed by atoms with van der Waals surface area (Å²) in [6.07, 6.45) is -8.18. The third kappa shape index (κ3) is 8.46. The maximum Gasteiger partial charge on any atom is 0.460 e. The Hall–Kier alpha value is -2.32. The number of phenolic OH excluding ortho intramolecular Hbond substituents is 1. The van der Waals surface area contributed by atoms with Crippen LogP contribution in [0.15, 0.2) is 18.2 Å². The van der Waals surface area contributed by atoms with Crippen LogP contribution in [0.4, 0.5) is 79.0 Å². The molecule has 342 valence electrons. The number of alkyl halides is 18. The minimum atomic E-state index is -8.62. The average molecular weight is 892 g/mol. The highest BCUT2D eigenvalue weighted by molar-refractivity contribution is 5.41. The molecule has 4 rings (SSSR count). The SMILES string of the molecule is CC(CCCCCC(F)(F)C(F)(F)C(F)(F)C(F)(F)C(F)(F)C(F)(F)C(F)(F)C(F)(F)F)NCCCCC[C@@H]1Cc2cc(O)ccc2[C@@H]2[C@@H]1[C@@H]1CC[C@H](O)[C@@]1(C)C[C@@H]2F. The molecule has 0 radical (unpaired) electrons. The molecule has 0 aromatic heterocycles. The van der Waals surface area contributed by atoms with Crippen molar-refractivity contribution in [1.82, 2.24) is 5.32 Å². The molecule has 8 atom stereocenters. The molecule has 3 N–H and O–H groups in total. The second-order valence-corrected chi connectivity index (χ2v) is 16.8. The summed E-state index contributed by atoms with van der Waals surface area (Å²) < 4.78 is 245. The molecule has 21 heteroatoms. The second kappa shape index (κ2) is 16.8. The number of hydrogen-bond acceptors (Lipinski definition) is 3. The number of aliphatic hydroxyl groups excluding tert-OH is 1. The van der Waals surface area contributed by atoms with Gasteiger partial charge in [-0.3, -0.25) is 0 Å². The van der Waals surface area contributed by atoms with E-state index in [2.05, 4.69) is 5.32 Å². The van der Waals surface area contributed by atoms with Gasteiger partial charge in [-0.15, -0.1) is 0 Å². The summed E-state index contributed by atoms with van der Waals surface area (Å²) in [4.78, 5) is 0. The van der Waals surface area contributed by atoms with Crippen LogP contribution in [0.3, 0.4) is 0 Å². The van der Waals surface area contributed by atoms with Crippen molar-refractivity contribution in [3.63, 3.8) is 0 Å². The highest BCUT2D eigenvalue weighted by Crippen LogP contribution is 2.65. The van der Waals surface area contributed by atoms with Gasteiger partial charge in [0.25, 0.3) is 0 Å². The third-order valence-electron chi connectivity index (χ3n) is 12.9. The van der Waals surface area contributed by atoms with Crippen LogP contribution in [0.1, 0.15) is 108 Å². The third-order valence-corrected chi connectivity index (χ3v) is 12.9. The number of halogens is 18. The number of aliphatic hydroxyl groups is 1. The first-order valence-corrected chi connectivity index (χ1v) is 19.3. The molecular formula is C38H47F18NO2. The lowest BCUT2D eigenvalue weighted by Gasteiger charge is -2.54. The number of nitrogens with one attached hydrogen (secondary N) is 1. The quantitative estimate of drug-likeness (QED) is 0.0958. The molecule has 1 aromatic rings. The minimum absolute atomic E-state index is 0.00460. The normalized spacial score (nSPS) is 27.9. The van der Waals surface area contributed by atoms with Crippen LogP contribution in [-0.2, 0) is 6.42 Å². The molecule has 3 aliphatic carbocycles. The van der Waals surface area contributed by atoms with Gasteiger partial charge >= 0.3 is 47.6 Å². The number of hydrogen-bond donors (Lipinski definition) is 3. The van der Waals surface area contributed by atoms with Crippen molar-refractivity contribution >= 4 is 0 Å². The van der Waals surface area contributed by atoms with Gasteiger partial charge in [0.05, 0.1) is 6.10 Å². The van der Waals surface area contributed by atoms with Crippen LogP contribution >= 0.6 is 0 Å². The van der Waals surface area contributed by atoms with E-state index in [0.717, 1.165) is 36.8 Å². The molecule has 0 bridgehead atoms. The standard InChI is InChI=1S/C38H47F18NO2/c1-20(9-5-3-7-15-31(40,41)32(42,43)33(44,45)34(46,47)35(48,49)36(50,51)37(52,53)38(54,55)56)57-16-8-4-6-10-21-17-22-18-23(58)11-12-24(22)29-26(39)19-30(2)25(28(21)29)13-14-27(30)59/h11-12,18,20-21,25-29,57-59H,3-10,13-17,19H2,1-2H3/t20?,21-,25+,26+,27+,28+,29+,30+/m1/s1. The Morgan fingerprint density at radius 3 is 1.88 bits per heavy atom. The minimum Gasteiger partial charge on any atom is -0.508 e. The van der Waals surface area contributed by atoms with E-state index in [1.807, 2.05) is 6.92 Å². The Morgan fingerprint density at radius 1 is 0.729 bits per heavy atom. The summed E-state index contributed by atoms with van der Waals surface area (Å²) in [5.74, 6) is -56.1. The van der Waals surface area contributed by atoms with Crippen LogP contribution in [0.2, 0.25) is 0 Å². The van der Waals surface area contributed by atoms with Crippen molar-refractivity contribution in [2.45, 2.75) is 169 Å². The molecule has 0 heterocycles. The predicted octanol–water partition coefficient (Wildman–Crippen LogP) is 12.3. The van der Waals surface area contributed by atoms with Crippen LogP contribution in [-0.4, -0.2) is 82.7 Å². The predicted molar refractivity (Wildman–Crippen MR) is 178 cm³/mol. The van der Waals surface area contributed by atoms with E-state index in [0.29, 0.717) is 25.8 Å². The number of aromatic hydroxyl groups is 1. The smallest absolute Gasteiger partial charge is 0.460 e. The van der Waals surface area contributed by atoms with E-state index in [9.17, 15) is 84.9 Å². The van der Waals surface area contributed by atoms with E-state index in [4.69, 9.17) is 0 Å². The maximum absolute atomic E-state index is 15.9. The number of rotatable bonds is 19. The fourth-order valence-corrected chi connectivity index (χ4v) is 9.52. The molecule has 3 aliphatic rings. The topological polar surface area (TPSA) is 52.5 Å². The molecule has 59 heavy (non-hydrogen) atoms. The Kier molecular flexibility index (Phi) is 14.0. The van der Waals surface area contributed by atoms with Gasteiger partial charge in [-0.25, -0.2) is 4.39 Å². The van der Waals surface area contributed by atoms with Crippen LogP contribution in [0.25, 0.3) is 0 Å². The first-order chi connectivity index (χ1) is 26.7. The second-order valence-electron chi connectivity index (χ2n) is 16.8. The van der Waals surface area contributed by atoms with Gasteiger partial charge in [0.2, 0.25) is 0 Å². The fourth-order valence-electron chi connectivity index (χ4n) is 9.52. The van der Waals surface area contributed by atoms with Crippen LogP contribution < -0.4 is 5.32 Å². The van der Waals surface area contributed by atoms with Gasteiger partial charge in [0.15, 0.2) is 0 Å². The van der Waals surface area contributed by atoms with Gasteiger partial charge in [0.1, 0.15) is 11.9 Å². The zero-order valence-electron chi connectivity index (χ0n) is 31.9. The molecule has 2 saturated carbocycles. The molecule has 1 unspecified atom stereocenters. The Bertz CT molecular complexity index is 1590. The van der Waals surface area contributed by atoms with Gasteiger partial charge in [-0.2, -0.15) is 74.6 Å². The van der Waals surface area contributed by atoms with Crippen molar-refractivity contribution in [3.8, 4) is 5.75 Å². The highest BCUT2D eigenvalue weighted by Gasteiger charge is 2.95. The van der Waals surface area contributed by atoms with Gasteiger partial charge in [-0.1, -0.05) is 38.7 Å². The lowest BCUT2D eigenvalue weighted by atomic mass is 9.51. The summed E-state index contributed by atoms with van der Waals surface area (Å²) in [5.41, 5.74) is 1.26. The number of benzene rings is 1. The van der Waals surface area contributed by atoms with Crippen LogP contribution in [0.5, 0.6) is 5.75 Å². The van der Waals surface area contributed by atoms with E-state index >= 15 is 4.39 Å². The molecule has 3 nitrogen and oxygen atoms in total. The molecule has 2 fully saturated rings. The number of fused-ring (bicyclic) bond motifs is 5. The van der Waals surface area contributed by atoms with Crippen LogP contribution in [0, 0.1) is 23.2 Å². The van der Waals surface area contributed by atoms with E-state index in [1.54, 1.807) is 25.1 Å². The number of phenols is 1. The monoisotopic (exact) mass is 891 g/mol. The number of unbranched alkanes of at least 4 members (excludes halogenated alkanes) is 4. The van der Waals surface area contributed by atoms with E-state index in [1.165, 1.54) is 0 Å². The zero-order valence-corrected chi connectivity index (χ0v) is 31.9. The molecular weight excluding hydrogens is 844 g/mol. The summed E-state index contributed by atoms with van der Waals surface area (Å²) >= 11 is 0. The lowest BCUT2D eigenvalue weighted by Crippen LogP contribution is -2.74. The highest BCUT2D eigenvalue weighted by atomic mass is 19.4. The largest absolute Gasteiger partial charge is 0.508 e. The Balaban J connectivity index is 1.23. The lowest BCUT2D eigenvalue weighted by molar-refractivity contribution is -0.461. The summed E-state index contributed by atoms with van der Waals surface area (Å²) in [6.45, 7) is 4.07. The zero-order chi connectivity index (χ0) is 45.0. The fraction of sp³-hybridized carbons (Fsp3) is 0.842. The van der Waals surface area contributed by atoms with Crippen molar-refractivity contribution < 1.29 is 89.2 Å². The average Bonchev–Trinajstić information content (AvgIpc) is 3.40. The molecule has 0 amide bonds. The van der Waals surface area contributed by atoms with E-state index < -0.39 is 84.6 Å². The first-order valence-electron chi connectivity index (χ1n) is 19.3. The van der Waals surface area contributed by atoms with E-state index in [-0.39, 0.29) is 54.7 Å².